The number of benzene rings is 1. The minimum absolute atomic E-state index is 0.0873. The molecule has 104 valence electrons. The van der Waals surface area contributed by atoms with Gasteiger partial charge in [0.1, 0.15) is 0 Å². The molecule has 1 aliphatic rings. The van der Waals surface area contributed by atoms with E-state index >= 15 is 0 Å². The Morgan fingerprint density at radius 2 is 2.21 bits per heavy atom. The number of ether oxygens (including phenoxy) is 1. The van der Waals surface area contributed by atoms with Gasteiger partial charge in [0.15, 0.2) is 0 Å². The third-order valence-corrected chi connectivity index (χ3v) is 3.81. The summed E-state index contributed by atoms with van der Waals surface area (Å²) in [6.07, 6.45) is 2.96. The van der Waals surface area contributed by atoms with Crippen LogP contribution < -0.4 is 11.1 Å². The fraction of sp³-hybridized carbons (Fsp3) is 0.500. The lowest BCUT2D eigenvalue weighted by molar-refractivity contribution is 0.0602. The number of aryl methyl sites for hydroxylation is 1. The maximum Gasteiger partial charge on any atom is 0.340 e. The molecule has 1 saturated carbocycles. The third kappa shape index (κ3) is 2.51. The predicted octanol–water partition coefficient (Wildman–Crippen LogP) is 1.69. The molecule has 1 aromatic rings. The van der Waals surface area contributed by atoms with Crippen molar-refractivity contribution >= 4 is 17.3 Å². The minimum Gasteiger partial charge on any atom is -0.465 e. The lowest BCUT2D eigenvalue weighted by Crippen LogP contribution is -2.48. The Morgan fingerprint density at radius 1 is 1.53 bits per heavy atom. The molecule has 0 saturated heterocycles. The van der Waals surface area contributed by atoms with Gasteiger partial charge in [0, 0.05) is 11.4 Å². The second kappa shape index (κ2) is 5.09. The van der Waals surface area contributed by atoms with E-state index in [1.165, 1.54) is 7.11 Å². The first kappa shape index (κ1) is 13.7. The van der Waals surface area contributed by atoms with Crippen molar-refractivity contribution < 1.29 is 14.6 Å². The van der Waals surface area contributed by atoms with E-state index in [0.717, 1.165) is 30.5 Å². The number of aliphatic hydroxyl groups is 1. The van der Waals surface area contributed by atoms with Crippen molar-refractivity contribution in [1.82, 2.24) is 0 Å². The van der Waals surface area contributed by atoms with E-state index in [0.29, 0.717) is 11.3 Å². The largest absolute Gasteiger partial charge is 0.465 e. The zero-order valence-electron chi connectivity index (χ0n) is 11.3. The zero-order chi connectivity index (χ0) is 14.0. The Morgan fingerprint density at radius 3 is 2.68 bits per heavy atom. The molecule has 1 aromatic carbocycles. The Labute approximate surface area is 112 Å². The summed E-state index contributed by atoms with van der Waals surface area (Å²) in [7, 11) is 1.33. The quantitative estimate of drug-likeness (QED) is 0.569. The summed E-state index contributed by atoms with van der Waals surface area (Å²) in [5.41, 5.74) is 8.04. The van der Waals surface area contributed by atoms with E-state index in [2.05, 4.69) is 5.32 Å². The highest BCUT2D eigenvalue weighted by molar-refractivity contribution is 5.97. The molecular weight excluding hydrogens is 244 g/mol. The number of esters is 1. The summed E-state index contributed by atoms with van der Waals surface area (Å²) in [5, 5.41) is 12.8. The van der Waals surface area contributed by atoms with Crippen LogP contribution in [0.15, 0.2) is 12.1 Å². The van der Waals surface area contributed by atoms with Crippen LogP contribution in [0.25, 0.3) is 0 Å². The number of carbonyl (C=O) groups excluding carboxylic acids is 1. The van der Waals surface area contributed by atoms with E-state index in [-0.39, 0.29) is 12.1 Å². The lowest BCUT2D eigenvalue weighted by atomic mass is 9.77. The van der Waals surface area contributed by atoms with E-state index in [1.807, 2.05) is 13.0 Å². The second-order valence-corrected chi connectivity index (χ2v) is 5.16. The monoisotopic (exact) mass is 264 g/mol. The van der Waals surface area contributed by atoms with Gasteiger partial charge in [-0.3, -0.25) is 0 Å². The molecule has 1 aliphatic carbocycles. The van der Waals surface area contributed by atoms with Crippen LogP contribution in [0.4, 0.5) is 11.4 Å². The van der Waals surface area contributed by atoms with Crippen molar-refractivity contribution in [3.05, 3.63) is 23.3 Å². The predicted molar refractivity (Wildman–Crippen MR) is 74.2 cm³/mol. The molecule has 19 heavy (non-hydrogen) atoms. The van der Waals surface area contributed by atoms with Gasteiger partial charge in [-0.05, 0) is 43.9 Å². The molecule has 0 spiro atoms. The van der Waals surface area contributed by atoms with Crippen LogP contribution in [0, 0.1) is 6.92 Å². The van der Waals surface area contributed by atoms with Crippen molar-refractivity contribution in [2.75, 3.05) is 24.8 Å². The summed E-state index contributed by atoms with van der Waals surface area (Å²) in [5.74, 6) is -0.448. The number of hydrogen-bond acceptors (Lipinski definition) is 5. The Hall–Kier alpha value is -1.75. The van der Waals surface area contributed by atoms with Crippen molar-refractivity contribution in [3.8, 4) is 0 Å². The number of anilines is 2. The summed E-state index contributed by atoms with van der Waals surface area (Å²) in [6.45, 7) is 1.93. The number of carbonyl (C=O) groups is 1. The molecule has 0 unspecified atom stereocenters. The van der Waals surface area contributed by atoms with Gasteiger partial charge in [0.25, 0.3) is 0 Å². The van der Waals surface area contributed by atoms with Gasteiger partial charge in [0.05, 0.1) is 24.8 Å². The Bertz CT molecular complexity index is 490. The number of aliphatic hydroxyl groups excluding tert-OH is 1. The molecule has 0 bridgehead atoms. The maximum atomic E-state index is 11.7. The summed E-state index contributed by atoms with van der Waals surface area (Å²) >= 11 is 0. The molecule has 2 rings (SSSR count). The molecular formula is C14H20N2O3. The van der Waals surface area contributed by atoms with Crippen LogP contribution in [0.3, 0.4) is 0 Å². The fourth-order valence-corrected chi connectivity index (χ4v) is 2.38. The van der Waals surface area contributed by atoms with Crippen molar-refractivity contribution in [3.63, 3.8) is 0 Å². The number of nitrogens with one attached hydrogen (secondary N) is 1. The number of hydrogen-bond donors (Lipinski definition) is 3. The summed E-state index contributed by atoms with van der Waals surface area (Å²) < 4.78 is 4.73. The highest BCUT2D eigenvalue weighted by Crippen LogP contribution is 2.36. The van der Waals surface area contributed by atoms with Crippen LogP contribution in [-0.2, 0) is 4.74 Å². The van der Waals surface area contributed by atoms with Gasteiger partial charge in [-0.25, -0.2) is 4.79 Å². The molecule has 0 aliphatic heterocycles. The number of methoxy groups -OCH3 is 1. The van der Waals surface area contributed by atoms with Crippen LogP contribution in [0.2, 0.25) is 0 Å². The zero-order valence-corrected chi connectivity index (χ0v) is 11.3. The average molecular weight is 264 g/mol. The molecule has 0 atom stereocenters. The normalized spacial score (nSPS) is 16.6. The van der Waals surface area contributed by atoms with Gasteiger partial charge in [-0.1, -0.05) is 0 Å². The SMILES string of the molecule is COC(=O)c1cc(NC2(CO)CCC2)cc(C)c1N. The Kier molecular flexibility index (Phi) is 3.66. The van der Waals surface area contributed by atoms with Gasteiger partial charge in [0.2, 0.25) is 0 Å². The smallest absolute Gasteiger partial charge is 0.340 e. The molecule has 5 nitrogen and oxygen atoms in total. The highest BCUT2D eigenvalue weighted by Gasteiger charge is 2.36. The standard InChI is InChI=1S/C14H20N2O3/c1-9-6-10(16-14(8-17)4-3-5-14)7-11(12(9)15)13(18)19-2/h6-7,16-17H,3-5,8,15H2,1-2H3. The van der Waals surface area contributed by atoms with Crippen LogP contribution >= 0.6 is 0 Å². The lowest BCUT2D eigenvalue weighted by Gasteiger charge is -2.42. The molecule has 4 N–H and O–H groups in total. The van der Waals surface area contributed by atoms with Crippen LogP contribution in [-0.4, -0.2) is 30.3 Å². The molecule has 0 amide bonds. The van der Waals surface area contributed by atoms with E-state index in [9.17, 15) is 9.90 Å². The number of nitrogen functional groups attached to an aromatic ring is 1. The second-order valence-electron chi connectivity index (χ2n) is 5.16. The first-order chi connectivity index (χ1) is 9.01. The first-order valence-corrected chi connectivity index (χ1v) is 6.39. The van der Waals surface area contributed by atoms with Gasteiger partial charge < -0.3 is 20.9 Å². The van der Waals surface area contributed by atoms with Gasteiger partial charge >= 0.3 is 5.97 Å². The molecule has 5 heteroatoms. The van der Waals surface area contributed by atoms with E-state index in [1.54, 1.807) is 6.07 Å². The van der Waals surface area contributed by atoms with Crippen LogP contribution in [0.5, 0.6) is 0 Å². The Balaban J connectivity index is 2.31. The fourth-order valence-electron chi connectivity index (χ4n) is 2.38. The molecule has 0 radical (unpaired) electrons. The van der Waals surface area contributed by atoms with Crippen LogP contribution in [0.1, 0.15) is 35.2 Å². The molecule has 1 fully saturated rings. The third-order valence-electron chi connectivity index (χ3n) is 3.81. The summed E-state index contributed by atoms with van der Waals surface area (Å²) in [4.78, 5) is 11.7. The number of nitrogens with two attached hydrogens (primary N) is 1. The van der Waals surface area contributed by atoms with Crippen molar-refractivity contribution in [2.45, 2.75) is 31.7 Å². The summed E-state index contributed by atoms with van der Waals surface area (Å²) in [6, 6.07) is 3.57. The average Bonchev–Trinajstić information content (AvgIpc) is 2.36. The maximum absolute atomic E-state index is 11.7. The van der Waals surface area contributed by atoms with Crippen molar-refractivity contribution in [1.29, 1.82) is 0 Å². The van der Waals surface area contributed by atoms with E-state index in [4.69, 9.17) is 10.5 Å². The highest BCUT2D eigenvalue weighted by atomic mass is 16.5. The number of rotatable bonds is 4. The van der Waals surface area contributed by atoms with E-state index < -0.39 is 5.97 Å². The van der Waals surface area contributed by atoms with Gasteiger partial charge in [-0.15, -0.1) is 0 Å². The van der Waals surface area contributed by atoms with Gasteiger partial charge in [-0.2, -0.15) is 0 Å². The topological polar surface area (TPSA) is 84.6 Å². The minimum atomic E-state index is -0.448. The molecule has 0 aromatic heterocycles. The van der Waals surface area contributed by atoms with Crippen molar-refractivity contribution in [2.24, 2.45) is 0 Å². The first-order valence-electron chi connectivity index (χ1n) is 6.39. The molecule has 0 heterocycles.